The van der Waals surface area contributed by atoms with Crippen molar-refractivity contribution in [2.75, 3.05) is 31.1 Å². The number of allylic oxidation sites excluding steroid dienone is 4. The molecule has 4 aliphatic rings. The molecule has 0 amide bonds. The Kier molecular flexibility index (Phi) is 7.39. The van der Waals surface area contributed by atoms with Crippen LogP contribution >= 0.6 is 0 Å². The van der Waals surface area contributed by atoms with Crippen LogP contribution in [0.25, 0.3) is 16.0 Å². The van der Waals surface area contributed by atoms with Gasteiger partial charge in [-0.1, -0.05) is 11.2 Å². The highest BCUT2D eigenvalue weighted by Gasteiger charge is 2.41. The lowest BCUT2D eigenvalue weighted by Crippen LogP contribution is -2.30. The summed E-state index contributed by atoms with van der Waals surface area (Å²) in [4.78, 5) is 16.3. The molecule has 2 fully saturated rings. The predicted octanol–water partition coefficient (Wildman–Crippen LogP) is 6.41. The van der Waals surface area contributed by atoms with E-state index in [9.17, 15) is 22.7 Å². The number of fused-ring (bicyclic) bond motifs is 2. The maximum absolute atomic E-state index is 16.1. The van der Waals surface area contributed by atoms with Crippen molar-refractivity contribution < 1.29 is 36.1 Å². The van der Waals surface area contributed by atoms with Crippen LogP contribution in [0.15, 0.2) is 56.9 Å². The standard InChI is InChI=1S/C30H26F3N5O4S/c31-26-25(30(39)40)24(27(32)29(28(26)33)35-36-34)23-19-9-7-17(37-11-3-1-4-12-37)15-21(19)43(41,42)22-16-18(8-10-20(22)23)38-13-5-2-6-14-38/h7-10,15-16H,1-6,11-14H2/p+1. The molecule has 3 heterocycles. The molecule has 0 radical (unpaired) electrons. The summed E-state index contributed by atoms with van der Waals surface area (Å²) < 4.78 is 76.8. The minimum Gasteiger partial charge on any atom is -0.478 e. The zero-order valence-corrected chi connectivity index (χ0v) is 23.8. The second-order valence-corrected chi connectivity index (χ2v) is 12.8. The molecule has 0 aromatic heterocycles. The first kappa shape index (κ1) is 28.8. The molecule has 3 aliphatic heterocycles. The summed E-state index contributed by atoms with van der Waals surface area (Å²) in [6.07, 6.45) is 10.4. The number of hydrogen-bond acceptors (Lipinski definition) is 5. The summed E-state index contributed by atoms with van der Waals surface area (Å²) in [6.45, 7) is 2.84. The van der Waals surface area contributed by atoms with E-state index >= 15 is 8.78 Å². The molecule has 13 heteroatoms. The number of halogens is 3. The largest absolute Gasteiger partial charge is 0.478 e. The molecule has 1 N–H and O–H groups in total. The Labute approximate surface area is 245 Å². The van der Waals surface area contributed by atoms with Crippen LogP contribution in [0.2, 0.25) is 0 Å². The third-order valence-electron chi connectivity index (χ3n) is 8.40. The number of rotatable bonds is 4. The molecule has 9 nitrogen and oxygen atoms in total. The maximum Gasteiger partial charge on any atom is 0.339 e. The number of carboxylic acid groups (broad SMARTS) is 1. The summed E-state index contributed by atoms with van der Waals surface area (Å²) in [5.41, 5.74) is 6.19. The van der Waals surface area contributed by atoms with Crippen LogP contribution in [0.4, 0.5) is 24.5 Å². The van der Waals surface area contributed by atoms with Gasteiger partial charge in [0.2, 0.25) is 15.5 Å². The van der Waals surface area contributed by atoms with Gasteiger partial charge in [-0.3, -0.25) is 0 Å². The average molecular weight is 611 g/mol. The molecular weight excluding hydrogens is 583 g/mol. The van der Waals surface area contributed by atoms with E-state index in [-0.39, 0.29) is 26.5 Å². The van der Waals surface area contributed by atoms with Gasteiger partial charge >= 0.3 is 5.97 Å². The summed E-state index contributed by atoms with van der Waals surface area (Å²) in [5.74, 6) is -7.47. The van der Waals surface area contributed by atoms with E-state index in [0.717, 1.165) is 38.5 Å². The molecule has 6 rings (SSSR count). The number of carboxylic acids is 1. The van der Waals surface area contributed by atoms with Crippen molar-refractivity contribution in [3.63, 3.8) is 0 Å². The highest BCUT2D eigenvalue weighted by molar-refractivity contribution is 7.95. The minimum atomic E-state index is -4.24. The Hall–Kier alpha value is -4.35. The number of nitrogens with zero attached hydrogens (tertiary/aromatic N) is 5. The van der Waals surface area contributed by atoms with Crippen molar-refractivity contribution in [2.24, 2.45) is 5.11 Å². The van der Waals surface area contributed by atoms with Crippen molar-refractivity contribution >= 4 is 38.5 Å². The van der Waals surface area contributed by atoms with Crippen molar-refractivity contribution in [1.82, 2.24) is 0 Å². The second kappa shape index (κ2) is 11.1. The minimum absolute atomic E-state index is 0.0710. The van der Waals surface area contributed by atoms with Gasteiger partial charge in [0.15, 0.2) is 11.6 Å². The zero-order valence-electron chi connectivity index (χ0n) is 23.0. The number of carbonyl (C=O) groups is 1. The molecule has 0 saturated carbocycles. The van der Waals surface area contributed by atoms with Gasteiger partial charge in [-0.15, -0.1) is 0 Å². The monoisotopic (exact) mass is 610 g/mol. The van der Waals surface area contributed by atoms with Crippen LogP contribution in [-0.4, -0.2) is 56.0 Å². The molecule has 222 valence electrons. The Morgan fingerprint density at radius 1 is 0.977 bits per heavy atom. The lowest BCUT2D eigenvalue weighted by atomic mass is 9.86. The molecule has 2 aromatic carbocycles. The number of benzene rings is 2. The highest BCUT2D eigenvalue weighted by Crippen LogP contribution is 2.49. The van der Waals surface area contributed by atoms with E-state index in [1.54, 1.807) is 12.1 Å². The van der Waals surface area contributed by atoms with E-state index in [1.165, 1.54) is 24.3 Å². The van der Waals surface area contributed by atoms with Crippen molar-refractivity contribution in [3.05, 3.63) is 91.5 Å². The van der Waals surface area contributed by atoms with Crippen LogP contribution in [0.3, 0.4) is 0 Å². The highest BCUT2D eigenvalue weighted by atomic mass is 32.2. The van der Waals surface area contributed by atoms with Crippen LogP contribution in [0.1, 0.15) is 60.0 Å². The first-order valence-electron chi connectivity index (χ1n) is 14.0. The quantitative estimate of drug-likeness (QED) is 0.141. The molecule has 1 aliphatic carbocycles. The first-order valence-corrected chi connectivity index (χ1v) is 15.5. The van der Waals surface area contributed by atoms with E-state index < -0.39 is 50.1 Å². The number of anilines is 1. The molecular formula is C30H27F3N5O4S+. The Morgan fingerprint density at radius 3 is 2.35 bits per heavy atom. The normalized spacial score (nSPS) is 19.4. The maximum atomic E-state index is 16.1. The number of azide groups is 1. The molecule has 0 spiro atoms. The van der Waals surface area contributed by atoms with Crippen molar-refractivity contribution in [3.8, 4) is 0 Å². The van der Waals surface area contributed by atoms with Gasteiger partial charge in [0, 0.05) is 71.0 Å². The molecule has 2 aromatic rings. The van der Waals surface area contributed by atoms with Gasteiger partial charge in [0.25, 0.3) is 0 Å². The van der Waals surface area contributed by atoms with Crippen molar-refractivity contribution in [1.29, 1.82) is 0 Å². The smallest absolute Gasteiger partial charge is 0.339 e. The Balaban J connectivity index is 1.71. The van der Waals surface area contributed by atoms with Gasteiger partial charge in [0.05, 0.1) is 9.80 Å². The molecule has 43 heavy (non-hydrogen) atoms. The number of hydrogen-bond donors (Lipinski definition) is 1. The summed E-state index contributed by atoms with van der Waals surface area (Å²) in [7, 11) is -4.24. The second-order valence-electron chi connectivity index (χ2n) is 10.9. The van der Waals surface area contributed by atoms with Gasteiger partial charge in [-0.05, 0) is 49.4 Å². The lowest BCUT2D eigenvalue weighted by molar-refractivity contribution is -0.535. The molecule has 0 atom stereocenters. The molecule has 0 bridgehead atoms. The average Bonchev–Trinajstić information content (AvgIpc) is 3.02. The SMILES string of the molecule is [N-]=[N+]=Nc1c(F)c(F)c(C(=O)O)c(C2=C3C=CC(=[N+]4CCCCC4)C=C3S(=O)(=O)c3cc(N4CCCCC4)ccc32)c1F. The van der Waals surface area contributed by atoms with Gasteiger partial charge in [0.1, 0.15) is 30.2 Å². The number of sulfone groups is 1. The molecule has 0 unspecified atom stereocenters. The fraction of sp³-hybridized carbons (Fsp3) is 0.333. The number of piperidine rings is 2. The topological polar surface area (TPSA) is 126 Å². The zero-order chi connectivity index (χ0) is 30.5. The van der Waals surface area contributed by atoms with E-state index in [4.69, 9.17) is 5.53 Å². The third-order valence-corrected chi connectivity index (χ3v) is 10.2. The van der Waals surface area contributed by atoms with E-state index in [1.807, 2.05) is 9.48 Å². The predicted molar refractivity (Wildman–Crippen MR) is 154 cm³/mol. The van der Waals surface area contributed by atoms with Crippen LogP contribution in [-0.2, 0) is 9.84 Å². The van der Waals surface area contributed by atoms with Gasteiger partial charge < -0.3 is 10.0 Å². The van der Waals surface area contributed by atoms with Crippen molar-refractivity contribution in [2.45, 2.75) is 43.4 Å². The van der Waals surface area contributed by atoms with Gasteiger partial charge in [-0.2, -0.15) is 0 Å². The summed E-state index contributed by atoms with van der Waals surface area (Å²) in [5, 5.41) is 12.9. The summed E-state index contributed by atoms with van der Waals surface area (Å²) in [6, 6.07) is 4.56. The van der Waals surface area contributed by atoms with Gasteiger partial charge in [-0.25, -0.2) is 31.0 Å². The first-order chi connectivity index (χ1) is 20.6. The Morgan fingerprint density at radius 2 is 1.67 bits per heavy atom. The number of aromatic carboxylic acids is 1. The van der Waals surface area contributed by atoms with E-state index in [0.29, 0.717) is 37.6 Å². The lowest BCUT2D eigenvalue weighted by Gasteiger charge is -2.32. The Bertz CT molecular complexity index is 1860. The summed E-state index contributed by atoms with van der Waals surface area (Å²) >= 11 is 0. The third kappa shape index (κ3) is 4.72. The van der Waals surface area contributed by atoms with E-state index in [2.05, 4.69) is 10.0 Å². The van der Waals surface area contributed by atoms with Crippen LogP contribution < -0.4 is 4.90 Å². The molecule has 2 saturated heterocycles. The van der Waals surface area contributed by atoms with Crippen LogP contribution in [0, 0.1) is 17.5 Å². The van der Waals surface area contributed by atoms with Crippen LogP contribution in [0.5, 0.6) is 0 Å². The fourth-order valence-electron chi connectivity index (χ4n) is 6.33. The fourth-order valence-corrected chi connectivity index (χ4v) is 8.03.